The molecule has 0 spiro atoms. The van der Waals surface area contributed by atoms with Gasteiger partial charge in [-0.3, -0.25) is 4.79 Å². The number of anilines is 1. The average Bonchev–Trinajstić information content (AvgIpc) is 2.82. The number of carbonyl (C=O) groups is 1. The van der Waals surface area contributed by atoms with Gasteiger partial charge in [0.05, 0.1) is 11.1 Å². The first-order chi connectivity index (χ1) is 8.47. The Morgan fingerprint density at radius 1 is 1.28 bits per heavy atom. The molecule has 94 valence electrons. The lowest BCUT2D eigenvalue weighted by atomic mass is 10.3. The molecule has 0 atom stereocenters. The molecule has 0 saturated heterocycles. The third-order valence-electron chi connectivity index (χ3n) is 2.10. The van der Waals surface area contributed by atoms with E-state index in [1.165, 1.54) is 30.5 Å². The summed E-state index contributed by atoms with van der Waals surface area (Å²) in [5.74, 6) is -0.415. The van der Waals surface area contributed by atoms with Gasteiger partial charge in [0, 0.05) is 5.69 Å². The summed E-state index contributed by atoms with van der Waals surface area (Å²) in [6, 6.07) is 5.44. The predicted octanol–water partition coefficient (Wildman–Crippen LogP) is 0.574. The van der Waals surface area contributed by atoms with Gasteiger partial charge in [-0.05, 0) is 24.3 Å². The van der Waals surface area contributed by atoms with E-state index >= 15 is 0 Å². The number of hydrogen-bond donors (Lipinski definition) is 2. The van der Waals surface area contributed by atoms with Crippen molar-refractivity contribution in [2.24, 2.45) is 5.14 Å². The molecule has 3 N–H and O–H groups in total. The third kappa shape index (κ3) is 2.73. The molecule has 0 radical (unpaired) electrons. The minimum Gasteiger partial charge on any atom is -0.438 e. The van der Waals surface area contributed by atoms with Crippen molar-refractivity contribution in [3.8, 4) is 0 Å². The van der Waals surface area contributed by atoms with Gasteiger partial charge in [-0.25, -0.2) is 18.5 Å². The van der Waals surface area contributed by atoms with E-state index in [2.05, 4.69) is 10.3 Å². The molecule has 2 aromatic rings. The number of carbonyl (C=O) groups excluding carboxylic acids is 1. The van der Waals surface area contributed by atoms with Crippen LogP contribution in [-0.4, -0.2) is 19.3 Å². The Bertz CT molecular complexity index is 647. The Hall–Kier alpha value is -2.19. The van der Waals surface area contributed by atoms with Crippen molar-refractivity contribution in [3.05, 3.63) is 42.6 Å². The lowest BCUT2D eigenvalue weighted by molar-refractivity contribution is 0.0996. The minimum absolute atomic E-state index is 0.0276. The van der Waals surface area contributed by atoms with Gasteiger partial charge in [0.25, 0.3) is 5.91 Å². The van der Waals surface area contributed by atoms with Crippen molar-refractivity contribution in [2.45, 2.75) is 4.90 Å². The van der Waals surface area contributed by atoms with Crippen LogP contribution in [0.2, 0.25) is 0 Å². The quantitative estimate of drug-likeness (QED) is 0.843. The van der Waals surface area contributed by atoms with Crippen molar-refractivity contribution in [1.82, 2.24) is 4.98 Å². The number of oxazole rings is 1. The molecule has 0 bridgehead atoms. The molecular formula is C10H9N3O4S. The number of amides is 1. The van der Waals surface area contributed by atoms with Crippen molar-refractivity contribution in [1.29, 1.82) is 0 Å². The Morgan fingerprint density at radius 2 is 1.94 bits per heavy atom. The summed E-state index contributed by atoms with van der Waals surface area (Å²) >= 11 is 0. The first-order valence-electron chi connectivity index (χ1n) is 4.79. The highest BCUT2D eigenvalue weighted by molar-refractivity contribution is 7.89. The van der Waals surface area contributed by atoms with Gasteiger partial charge < -0.3 is 9.73 Å². The van der Waals surface area contributed by atoms with E-state index in [1.54, 1.807) is 0 Å². The van der Waals surface area contributed by atoms with Crippen molar-refractivity contribution in [3.63, 3.8) is 0 Å². The molecule has 0 saturated carbocycles. The molecule has 1 aromatic heterocycles. The number of hydrogen-bond acceptors (Lipinski definition) is 5. The fourth-order valence-electron chi connectivity index (χ4n) is 1.25. The molecule has 0 aliphatic heterocycles. The van der Waals surface area contributed by atoms with Crippen LogP contribution in [0.3, 0.4) is 0 Å². The Kier molecular flexibility index (Phi) is 3.13. The van der Waals surface area contributed by atoms with E-state index in [1.807, 2.05) is 0 Å². The zero-order valence-electron chi connectivity index (χ0n) is 9.03. The van der Waals surface area contributed by atoms with Crippen LogP contribution < -0.4 is 10.5 Å². The van der Waals surface area contributed by atoms with Gasteiger partial charge in [-0.1, -0.05) is 0 Å². The zero-order chi connectivity index (χ0) is 13.2. The Labute approximate surface area is 103 Å². The van der Waals surface area contributed by atoms with E-state index in [9.17, 15) is 13.2 Å². The van der Waals surface area contributed by atoms with Crippen LogP contribution in [0.5, 0.6) is 0 Å². The molecule has 1 heterocycles. The van der Waals surface area contributed by atoms with E-state index in [0.717, 1.165) is 6.39 Å². The fourth-order valence-corrected chi connectivity index (χ4v) is 1.76. The average molecular weight is 267 g/mol. The molecule has 0 fully saturated rings. The van der Waals surface area contributed by atoms with Crippen LogP contribution in [0, 0.1) is 0 Å². The van der Waals surface area contributed by atoms with Crippen LogP contribution >= 0.6 is 0 Å². The highest BCUT2D eigenvalue weighted by atomic mass is 32.2. The first kappa shape index (κ1) is 12.3. The number of nitrogens with two attached hydrogens (primary N) is 1. The van der Waals surface area contributed by atoms with Crippen molar-refractivity contribution < 1.29 is 17.6 Å². The number of benzene rings is 1. The second kappa shape index (κ2) is 4.59. The maximum absolute atomic E-state index is 11.6. The molecule has 0 aliphatic carbocycles. The lowest BCUT2D eigenvalue weighted by Gasteiger charge is -2.03. The first-order valence-corrected chi connectivity index (χ1v) is 6.34. The van der Waals surface area contributed by atoms with Gasteiger partial charge in [0.1, 0.15) is 0 Å². The van der Waals surface area contributed by atoms with Gasteiger partial charge >= 0.3 is 0 Å². The zero-order valence-corrected chi connectivity index (χ0v) is 9.85. The van der Waals surface area contributed by atoms with E-state index in [-0.39, 0.29) is 10.7 Å². The summed E-state index contributed by atoms with van der Waals surface area (Å²) in [7, 11) is -3.73. The molecule has 1 aromatic carbocycles. The van der Waals surface area contributed by atoms with Crippen molar-refractivity contribution >= 4 is 21.6 Å². The fraction of sp³-hybridized carbons (Fsp3) is 0. The third-order valence-corrected chi connectivity index (χ3v) is 3.03. The number of nitrogens with zero attached hydrogens (tertiary/aromatic N) is 1. The number of primary sulfonamides is 1. The molecule has 0 aliphatic rings. The van der Waals surface area contributed by atoms with E-state index in [0.29, 0.717) is 5.69 Å². The topological polar surface area (TPSA) is 115 Å². The summed E-state index contributed by atoms with van der Waals surface area (Å²) < 4.78 is 26.8. The SMILES string of the molecule is NS(=O)(=O)c1ccc(NC(=O)c2cnco2)cc1. The number of nitrogens with one attached hydrogen (secondary N) is 1. The van der Waals surface area contributed by atoms with Crippen LogP contribution in [0.15, 0.2) is 46.2 Å². The standard InChI is InChI=1S/C10H9N3O4S/c11-18(15,16)8-3-1-7(2-4-8)13-10(14)9-5-12-6-17-9/h1-6H,(H,13,14)(H2,11,15,16). The summed E-state index contributed by atoms with van der Waals surface area (Å²) in [5, 5.41) is 7.46. The second-order valence-electron chi connectivity index (χ2n) is 3.39. The number of rotatable bonds is 3. The molecule has 1 amide bonds. The van der Waals surface area contributed by atoms with E-state index < -0.39 is 15.9 Å². The molecule has 2 rings (SSSR count). The molecule has 7 nitrogen and oxygen atoms in total. The largest absolute Gasteiger partial charge is 0.438 e. The van der Waals surface area contributed by atoms with Gasteiger partial charge in [0.2, 0.25) is 15.8 Å². The number of sulfonamides is 1. The molecular weight excluding hydrogens is 258 g/mol. The minimum atomic E-state index is -3.73. The van der Waals surface area contributed by atoms with Gasteiger partial charge in [0.15, 0.2) is 6.39 Å². The van der Waals surface area contributed by atoms with Gasteiger partial charge in [-0.2, -0.15) is 0 Å². The molecule has 18 heavy (non-hydrogen) atoms. The Morgan fingerprint density at radius 3 is 2.44 bits per heavy atom. The highest BCUT2D eigenvalue weighted by Gasteiger charge is 2.11. The summed E-state index contributed by atoms with van der Waals surface area (Å²) in [5.41, 5.74) is 0.420. The highest BCUT2D eigenvalue weighted by Crippen LogP contribution is 2.13. The molecule has 8 heteroatoms. The van der Waals surface area contributed by atoms with Crippen LogP contribution in [-0.2, 0) is 10.0 Å². The number of aromatic nitrogens is 1. The van der Waals surface area contributed by atoms with Crippen LogP contribution in [0.25, 0.3) is 0 Å². The smallest absolute Gasteiger partial charge is 0.293 e. The van der Waals surface area contributed by atoms with Gasteiger partial charge in [-0.15, -0.1) is 0 Å². The normalized spacial score (nSPS) is 11.2. The van der Waals surface area contributed by atoms with Crippen molar-refractivity contribution in [2.75, 3.05) is 5.32 Å². The monoisotopic (exact) mass is 267 g/mol. The second-order valence-corrected chi connectivity index (χ2v) is 4.95. The maximum atomic E-state index is 11.6. The Balaban J connectivity index is 2.14. The van der Waals surface area contributed by atoms with Crippen LogP contribution in [0.4, 0.5) is 5.69 Å². The molecule has 0 unspecified atom stereocenters. The summed E-state index contributed by atoms with van der Waals surface area (Å²) in [6.07, 6.45) is 2.41. The summed E-state index contributed by atoms with van der Waals surface area (Å²) in [4.78, 5) is 15.1. The summed E-state index contributed by atoms with van der Waals surface area (Å²) in [6.45, 7) is 0. The maximum Gasteiger partial charge on any atom is 0.293 e. The predicted molar refractivity (Wildman–Crippen MR) is 62.3 cm³/mol. The van der Waals surface area contributed by atoms with Crippen LogP contribution in [0.1, 0.15) is 10.6 Å². The van der Waals surface area contributed by atoms with E-state index in [4.69, 9.17) is 9.56 Å². The lowest BCUT2D eigenvalue weighted by Crippen LogP contribution is -2.13.